The van der Waals surface area contributed by atoms with Crippen molar-refractivity contribution in [3.8, 4) is 5.88 Å². The maximum atomic E-state index is 12.3. The minimum atomic E-state index is -5.56. The van der Waals surface area contributed by atoms with Crippen LogP contribution in [0.2, 0.25) is 0 Å². The topological polar surface area (TPSA) is 34.2 Å². The zero-order chi connectivity index (χ0) is 14.7. The van der Waals surface area contributed by atoms with Gasteiger partial charge in [0.1, 0.15) is 0 Å². The van der Waals surface area contributed by atoms with Crippen LogP contribution in [0.3, 0.4) is 0 Å². The highest BCUT2D eigenvalue weighted by Gasteiger charge is 2.59. The van der Waals surface area contributed by atoms with Crippen LogP contribution < -0.4 is 10.1 Å². The summed E-state index contributed by atoms with van der Waals surface area (Å²) < 4.78 is 77.5. The van der Waals surface area contributed by atoms with E-state index in [1.165, 1.54) is 6.07 Å². The highest BCUT2D eigenvalue weighted by molar-refractivity contribution is 5.20. The SMILES string of the molecule is CNCc1ccnc(OC(C(F)(F)F)C(F)(F)F)c1. The van der Waals surface area contributed by atoms with E-state index in [-0.39, 0.29) is 6.54 Å². The van der Waals surface area contributed by atoms with Gasteiger partial charge in [0, 0.05) is 18.8 Å². The lowest BCUT2D eigenvalue weighted by atomic mass is 10.2. The molecule has 0 aliphatic carbocycles. The van der Waals surface area contributed by atoms with Gasteiger partial charge in [-0.3, -0.25) is 0 Å². The molecule has 0 aliphatic heterocycles. The summed E-state index contributed by atoms with van der Waals surface area (Å²) in [5, 5.41) is 2.70. The molecular formula is C10H10F6N2O. The fourth-order valence-corrected chi connectivity index (χ4v) is 1.27. The lowest BCUT2D eigenvalue weighted by Crippen LogP contribution is -2.46. The standard InChI is InChI=1S/C10H10F6N2O/c1-17-5-6-2-3-18-7(4-6)19-8(9(11,12)13)10(14,15)16/h2-4,8,17H,5H2,1H3. The molecular weight excluding hydrogens is 278 g/mol. The zero-order valence-electron chi connectivity index (χ0n) is 9.64. The second kappa shape index (κ2) is 5.64. The maximum absolute atomic E-state index is 12.3. The van der Waals surface area contributed by atoms with E-state index >= 15 is 0 Å². The van der Waals surface area contributed by atoms with Gasteiger partial charge in [0.15, 0.2) is 0 Å². The first kappa shape index (κ1) is 15.5. The molecule has 0 atom stereocenters. The van der Waals surface area contributed by atoms with Gasteiger partial charge >= 0.3 is 12.4 Å². The quantitative estimate of drug-likeness (QED) is 0.865. The van der Waals surface area contributed by atoms with Crippen LogP contribution in [0.5, 0.6) is 5.88 Å². The third kappa shape index (κ3) is 4.58. The number of halogens is 6. The third-order valence-electron chi connectivity index (χ3n) is 2.01. The van der Waals surface area contributed by atoms with Crippen molar-refractivity contribution in [1.29, 1.82) is 0 Å². The van der Waals surface area contributed by atoms with Crippen molar-refractivity contribution in [2.24, 2.45) is 0 Å². The summed E-state index contributed by atoms with van der Waals surface area (Å²) in [5.74, 6) is -0.729. The molecule has 1 rings (SSSR count). The Morgan fingerprint density at radius 3 is 2.26 bits per heavy atom. The summed E-state index contributed by atoms with van der Waals surface area (Å²) in [6.07, 6.45) is -13.9. The number of hydrogen-bond acceptors (Lipinski definition) is 3. The Morgan fingerprint density at radius 2 is 1.79 bits per heavy atom. The molecule has 0 radical (unpaired) electrons. The molecule has 1 heterocycles. The van der Waals surface area contributed by atoms with Gasteiger partial charge in [-0.05, 0) is 18.7 Å². The molecule has 0 fully saturated rings. The van der Waals surface area contributed by atoms with E-state index in [1.807, 2.05) is 0 Å². The highest BCUT2D eigenvalue weighted by Crippen LogP contribution is 2.36. The molecule has 0 bridgehead atoms. The monoisotopic (exact) mass is 288 g/mol. The number of rotatable bonds is 4. The summed E-state index contributed by atoms with van der Waals surface area (Å²) in [7, 11) is 1.58. The van der Waals surface area contributed by atoms with Crippen LogP contribution in [0.15, 0.2) is 18.3 Å². The summed E-state index contributed by atoms with van der Waals surface area (Å²) in [4.78, 5) is 3.34. The number of ether oxygens (including phenoxy) is 1. The summed E-state index contributed by atoms with van der Waals surface area (Å²) >= 11 is 0. The number of aromatic nitrogens is 1. The van der Waals surface area contributed by atoms with Crippen molar-refractivity contribution < 1.29 is 31.1 Å². The smallest absolute Gasteiger partial charge is 0.434 e. The third-order valence-corrected chi connectivity index (χ3v) is 2.01. The van der Waals surface area contributed by atoms with Crippen LogP contribution in [0.25, 0.3) is 0 Å². The molecule has 0 aliphatic rings. The Hall–Kier alpha value is -1.51. The molecule has 108 valence electrons. The molecule has 0 amide bonds. The van der Waals surface area contributed by atoms with E-state index in [4.69, 9.17) is 0 Å². The number of alkyl halides is 6. The van der Waals surface area contributed by atoms with Gasteiger partial charge in [-0.2, -0.15) is 26.3 Å². The van der Waals surface area contributed by atoms with Crippen LogP contribution in [0, 0.1) is 0 Å². The Balaban J connectivity index is 2.94. The van der Waals surface area contributed by atoms with E-state index in [0.29, 0.717) is 5.56 Å². The first-order valence-electron chi connectivity index (χ1n) is 5.04. The first-order valence-corrected chi connectivity index (χ1v) is 5.04. The van der Waals surface area contributed by atoms with Gasteiger partial charge in [0.25, 0.3) is 6.10 Å². The summed E-state index contributed by atoms with van der Waals surface area (Å²) in [6, 6.07) is 2.46. The van der Waals surface area contributed by atoms with Crippen LogP contribution in [-0.2, 0) is 6.54 Å². The van der Waals surface area contributed by atoms with E-state index in [0.717, 1.165) is 12.3 Å². The van der Waals surface area contributed by atoms with E-state index in [1.54, 1.807) is 7.05 Å². The molecule has 1 N–H and O–H groups in total. The zero-order valence-corrected chi connectivity index (χ0v) is 9.64. The van der Waals surface area contributed by atoms with Gasteiger partial charge in [-0.1, -0.05) is 0 Å². The van der Waals surface area contributed by atoms with Crippen molar-refractivity contribution in [2.75, 3.05) is 7.05 Å². The van der Waals surface area contributed by atoms with Crippen LogP contribution >= 0.6 is 0 Å². The lowest BCUT2D eigenvalue weighted by molar-refractivity contribution is -0.300. The van der Waals surface area contributed by atoms with E-state index in [2.05, 4.69) is 15.0 Å². The average Bonchev–Trinajstić information content (AvgIpc) is 2.24. The Kier molecular flexibility index (Phi) is 4.61. The maximum Gasteiger partial charge on any atom is 0.434 e. The molecule has 0 saturated carbocycles. The molecule has 0 unspecified atom stereocenters. The minimum absolute atomic E-state index is 0.265. The van der Waals surface area contributed by atoms with Crippen LogP contribution in [-0.4, -0.2) is 30.5 Å². The fourth-order valence-electron chi connectivity index (χ4n) is 1.27. The molecule has 1 aromatic rings. The van der Waals surface area contributed by atoms with Gasteiger partial charge in [0.2, 0.25) is 5.88 Å². The predicted molar refractivity (Wildman–Crippen MR) is 53.5 cm³/mol. The first-order chi connectivity index (χ1) is 8.64. The summed E-state index contributed by atoms with van der Waals surface area (Å²) in [6.45, 7) is 0.265. The largest absolute Gasteiger partial charge is 0.455 e. The van der Waals surface area contributed by atoms with Crippen molar-refractivity contribution in [3.05, 3.63) is 23.9 Å². The molecule has 1 aromatic heterocycles. The van der Waals surface area contributed by atoms with Gasteiger partial charge in [-0.15, -0.1) is 0 Å². The van der Waals surface area contributed by atoms with Crippen molar-refractivity contribution in [1.82, 2.24) is 10.3 Å². The van der Waals surface area contributed by atoms with Gasteiger partial charge in [-0.25, -0.2) is 4.98 Å². The van der Waals surface area contributed by atoms with E-state index < -0.39 is 24.3 Å². The highest BCUT2D eigenvalue weighted by atomic mass is 19.4. The van der Waals surface area contributed by atoms with Crippen molar-refractivity contribution in [2.45, 2.75) is 25.0 Å². The van der Waals surface area contributed by atoms with Crippen LogP contribution in [0.4, 0.5) is 26.3 Å². The Bertz CT molecular complexity index is 403. The second-order valence-electron chi connectivity index (χ2n) is 3.61. The minimum Gasteiger partial charge on any atom is -0.455 e. The van der Waals surface area contributed by atoms with Crippen molar-refractivity contribution >= 4 is 0 Å². The normalized spacial score (nSPS) is 12.8. The molecule has 19 heavy (non-hydrogen) atoms. The fraction of sp³-hybridized carbons (Fsp3) is 0.500. The number of nitrogens with one attached hydrogen (secondary N) is 1. The molecule has 9 heteroatoms. The second-order valence-corrected chi connectivity index (χ2v) is 3.61. The Labute approximate surface area is 104 Å². The van der Waals surface area contributed by atoms with Crippen molar-refractivity contribution in [3.63, 3.8) is 0 Å². The predicted octanol–water partition coefficient (Wildman–Crippen LogP) is 2.67. The number of hydrogen-bond donors (Lipinski definition) is 1. The van der Waals surface area contributed by atoms with Crippen LogP contribution in [0.1, 0.15) is 5.56 Å². The average molecular weight is 288 g/mol. The summed E-state index contributed by atoms with van der Waals surface area (Å²) in [5.41, 5.74) is 0.454. The molecule has 3 nitrogen and oxygen atoms in total. The molecule has 0 spiro atoms. The lowest BCUT2D eigenvalue weighted by Gasteiger charge is -2.23. The van der Waals surface area contributed by atoms with E-state index in [9.17, 15) is 26.3 Å². The van der Waals surface area contributed by atoms with Gasteiger partial charge < -0.3 is 10.1 Å². The molecule has 0 aromatic carbocycles. The Morgan fingerprint density at radius 1 is 1.21 bits per heavy atom. The number of pyridine rings is 1. The number of nitrogens with zero attached hydrogens (tertiary/aromatic N) is 1. The molecule has 0 saturated heterocycles. The van der Waals surface area contributed by atoms with Gasteiger partial charge in [0.05, 0.1) is 0 Å².